The summed E-state index contributed by atoms with van der Waals surface area (Å²) in [7, 11) is 1.70. The van der Waals surface area contributed by atoms with E-state index in [4.69, 9.17) is 5.11 Å². The largest absolute Gasteiger partial charge is 0.478 e. The summed E-state index contributed by atoms with van der Waals surface area (Å²) in [5.74, 6) is -0.202. The number of hydrogen-bond donors (Lipinski definition) is 2. The second-order valence-corrected chi connectivity index (χ2v) is 5.64. The Morgan fingerprint density at radius 1 is 1.61 bits per heavy atom. The molecule has 0 spiro atoms. The van der Waals surface area contributed by atoms with Gasteiger partial charge in [-0.15, -0.1) is 11.3 Å². The van der Waals surface area contributed by atoms with Crippen LogP contribution in [0, 0.1) is 0 Å². The standard InChI is InChI=1S/C11H16N2O3S2/c1-7(6-17-3)13(2)11(16)12-9-8(10(14)15)4-5-18-9/h4-5,7H,6H2,1-3H3,(H,12,16)(H,14,15). The van der Waals surface area contributed by atoms with E-state index in [1.807, 2.05) is 13.2 Å². The van der Waals surface area contributed by atoms with Gasteiger partial charge < -0.3 is 10.0 Å². The lowest BCUT2D eigenvalue weighted by molar-refractivity contribution is 0.0698. The minimum Gasteiger partial charge on any atom is -0.478 e. The second-order valence-electron chi connectivity index (χ2n) is 3.81. The number of urea groups is 1. The molecule has 0 radical (unpaired) electrons. The van der Waals surface area contributed by atoms with E-state index < -0.39 is 5.97 Å². The molecule has 1 heterocycles. The molecule has 0 aromatic carbocycles. The molecule has 0 fully saturated rings. The third-order valence-electron chi connectivity index (χ3n) is 2.51. The highest BCUT2D eigenvalue weighted by Crippen LogP contribution is 2.23. The van der Waals surface area contributed by atoms with Crippen molar-refractivity contribution in [1.29, 1.82) is 0 Å². The number of thioether (sulfide) groups is 1. The highest BCUT2D eigenvalue weighted by molar-refractivity contribution is 7.98. The van der Waals surface area contributed by atoms with Crippen molar-refractivity contribution >= 4 is 40.1 Å². The molecule has 1 unspecified atom stereocenters. The predicted molar refractivity (Wildman–Crippen MR) is 75.9 cm³/mol. The van der Waals surface area contributed by atoms with E-state index in [2.05, 4.69) is 5.32 Å². The monoisotopic (exact) mass is 288 g/mol. The van der Waals surface area contributed by atoms with Crippen LogP contribution in [-0.2, 0) is 0 Å². The molecule has 5 nitrogen and oxygen atoms in total. The van der Waals surface area contributed by atoms with Crippen LogP contribution in [0.25, 0.3) is 0 Å². The fraction of sp³-hybridized carbons (Fsp3) is 0.455. The van der Waals surface area contributed by atoms with Gasteiger partial charge in [0.15, 0.2) is 0 Å². The van der Waals surface area contributed by atoms with Crippen LogP contribution in [0.3, 0.4) is 0 Å². The number of rotatable bonds is 5. The molecule has 2 amide bonds. The fourth-order valence-corrected chi connectivity index (χ4v) is 2.79. The lowest BCUT2D eigenvalue weighted by Crippen LogP contribution is -2.39. The van der Waals surface area contributed by atoms with Gasteiger partial charge in [-0.3, -0.25) is 5.32 Å². The van der Waals surface area contributed by atoms with Crippen LogP contribution in [0.4, 0.5) is 9.80 Å². The molecule has 7 heteroatoms. The molecule has 100 valence electrons. The summed E-state index contributed by atoms with van der Waals surface area (Å²) in [4.78, 5) is 24.4. The smallest absolute Gasteiger partial charge is 0.338 e. The summed E-state index contributed by atoms with van der Waals surface area (Å²) in [6.45, 7) is 1.95. The highest BCUT2D eigenvalue weighted by Gasteiger charge is 2.18. The number of thiophene rings is 1. The van der Waals surface area contributed by atoms with Gasteiger partial charge in [-0.2, -0.15) is 11.8 Å². The van der Waals surface area contributed by atoms with Crippen molar-refractivity contribution in [3.8, 4) is 0 Å². The van der Waals surface area contributed by atoms with E-state index >= 15 is 0 Å². The van der Waals surface area contributed by atoms with E-state index in [1.165, 1.54) is 17.4 Å². The van der Waals surface area contributed by atoms with Crippen molar-refractivity contribution in [3.05, 3.63) is 17.0 Å². The zero-order valence-corrected chi connectivity index (χ0v) is 12.1. The molecular weight excluding hydrogens is 272 g/mol. The summed E-state index contributed by atoms with van der Waals surface area (Å²) < 4.78 is 0. The minimum absolute atomic E-state index is 0.0910. The Bertz CT molecular complexity index is 434. The van der Waals surface area contributed by atoms with Gasteiger partial charge in [0.05, 0.1) is 5.56 Å². The third-order valence-corrected chi connectivity index (χ3v) is 4.15. The Balaban J connectivity index is 2.69. The molecule has 0 aliphatic heterocycles. The molecule has 0 saturated heterocycles. The second kappa shape index (κ2) is 6.65. The van der Waals surface area contributed by atoms with E-state index in [-0.39, 0.29) is 17.6 Å². The number of carboxylic acid groups (broad SMARTS) is 1. The van der Waals surface area contributed by atoms with Gasteiger partial charge in [-0.05, 0) is 24.6 Å². The first-order chi connectivity index (χ1) is 8.47. The number of carbonyl (C=O) groups excluding carboxylic acids is 1. The summed E-state index contributed by atoms with van der Waals surface area (Å²) in [5.41, 5.74) is 0.124. The average Bonchev–Trinajstić information content (AvgIpc) is 2.76. The van der Waals surface area contributed by atoms with Gasteiger partial charge >= 0.3 is 12.0 Å². The minimum atomic E-state index is -1.04. The molecule has 1 atom stereocenters. The van der Waals surface area contributed by atoms with Crippen LogP contribution in [0.1, 0.15) is 17.3 Å². The lowest BCUT2D eigenvalue weighted by Gasteiger charge is -2.24. The van der Waals surface area contributed by atoms with Gasteiger partial charge in [-0.1, -0.05) is 0 Å². The first-order valence-corrected chi connectivity index (χ1v) is 7.58. The molecule has 1 aromatic heterocycles. The number of amides is 2. The van der Waals surface area contributed by atoms with Crippen LogP contribution in [0.2, 0.25) is 0 Å². The average molecular weight is 288 g/mol. The quantitative estimate of drug-likeness (QED) is 0.874. The van der Waals surface area contributed by atoms with Crippen LogP contribution in [0.5, 0.6) is 0 Å². The summed E-state index contributed by atoms with van der Waals surface area (Å²) in [6.07, 6.45) is 1.98. The van der Waals surface area contributed by atoms with Gasteiger partial charge in [-0.25, -0.2) is 9.59 Å². The Morgan fingerprint density at radius 2 is 2.28 bits per heavy atom. The maximum atomic E-state index is 11.9. The van der Waals surface area contributed by atoms with Crippen LogP contribution in [-0.4, -0.2) is 47.1 Å². The third kappa shape index (κ3) is 3.64. The van der Waals surface area contributed by atoms with E-state index in [1.54, 1.807) is 29.1 Å². The van der Waals surface area contributed by atoms with Crippen molar-refractivity contribution in [2.75, 3.05) is 24.4 Å². The first kappa shape index (κ1) is 14.8. The van der Waals surface area contributed by atoms with Gasteiger partial charge in [0, 0.05) is 18.8 Å². The summed E-state index contributed by atoms with van der Waals surface area (Å²) >= 11 is 2.86. The maximum absolute atomic E-state index is 11.9. The van der Waals surface area contributed by atoms with Crippen molar-refractivity contribution in [2.45, 2.75) is 13.0 Å². The Labute approximate surface area is 114 Å². The lowest BCUT2D eigenvalue weighted by atomic mass is 10.3. The van der Waals surface area contributed by atoms with E-state index in [0.29, 0.717) is 5.00 Å². The molecular formula is C11H16N2O3S2. The SMILES string of the molecule is CSCC(C)N(C)C(=O)Nc1sccc1C(=O)O. The summed E-state index contributed by atoms with van der Waals surface area (Å²) in [5, 5.41) is 13.6. The molecule has 0 aliphatic rings. The van der Waals surface area contributed by atoms with Gasteiger partial charge in [0.25, 0.3) is 0 Å². The Hall–Kier alpha value is -1.21. The highest BCUT2D eigenvalue weighted by atomic mass is 32.2. The Morgan fingerprint density at radius 3 is 2.83 bits per heavy atom. The fourth-order valence-electron chi connectivity index (χ4n) is 1.31. The number of nitrogens with one attached hydrogen (secondary N) is 1. The molecule has 0 aliphatic carbocycles. The van der Waals surface area contributed by atoms with Crippen molar-refractivity contribution in [1.82, 2.24) is 4.90 Å². The number of carbonyl (C=O) groups is 2. The Kier molecular flexibility index (Phi) is 5.49. The van der Waals surface area contributed by atoms with E-state index in [0.717, 1.165) is 5.75 Å². The molecule has 2 N–H and O–H groups in total. The number of carboxylic acids is 1. The molecule has 18 heavy (non-hydrogen) atoms. The number of nitrogens with zero attached hydrogens (tertiary/aromatic N) is 1. The summed E-state index contributed by atoms with van der Waals surface area (Å²) in [6, 6.07) is 1.28. The zero-order chi connectivity index (χ0) is 13.7. The van der Waals surface area contributed by atoms with Crippen LogP contribution < -0.4 is 5.32 Å². The van der Waals surface area contributed by atoms with Crippen molar-refractivity contribution < 1.29 is 14.7 Å². The van der Waals surface area contributed by atoms with E-state index in [9.17, 15) is 9.59 Å². The maximum Gasteiger partial charge on any atom is 0.338 e. The molecule has 0 bridgehead atoms. The van der Waals surface area contributed by atoms with Gasteiger partial charge in [0.1, 0.15) is 5.00 Å². The van der Waals surface area contributed by atoms with Gasteiger partial charge in [0.2, 0.25) is 0 Å². The number of anilines is 1. The van der Waals surface area contributed by atoms with Crippen LogP contribution >= 0.6 is 23.1 Å². The van der Waals surface area contributed by atoms with Crippen LogP contribution in [0.15, 0.2) is 11.4 Å². The normalized spacial score (nSPS) is 11.9. The van der Waals surface area contributed by atoms with Crippen molar-refractivity contribution in [2.24, 2.45) is 0 Å². The number of hydrogen-bond acceptors (Lipinski definition) is 4. The van der Waals surface area contributed by atoms with Crippen molar-refractivity contribution in [3.63, 3.8) is 0 Å². The molecule has 0 saturated carbocycles. The predicted octanol–water partition coefficient (Wildman–Crippen LogP) is 2.66. The zero-order valence-electron chi connectivity index (χ0n) is 10.5. The molecule has 1 aromatic rings. The topological polar surface area (TPSA) is 69.6 Å². The number of aromatic carboxylic acids is 1. The molecule has 1 rings (SSSR count). The first-order valence-electron chi connectivity index (χ1n) is 5.31.